The highest BCUT2D eigenvalue weighted by atomic mass is 35.5. The highest BCUT2D eigenvalue weighted by molar-refractivity contribution is 6.30. The van der Waals surface area contributed by atoms with Crippen LogP contribution in [0.5, 0.6) is 5.75 Å². The Balaban J connectivity index is 1.70. The summed E-state index contributed by atoms with van der Waals surface area (Å²) in [6.07, 6.45) is 5.89. The third-order valence-corrected chi connectivity index (χ3v) is 4.52. The summed E-state index contributed by atoms with van der Waals surface area (Å²) in [5.74, 6) is 1.45. The lowest BCUT2D eigenvalue weighted by Gasteiger charge is -2.32. The van der Waals surface area contributed by atoms with E-state index in [0.717, 1.165) is 5.92 Å². The first-order chi connectivity index (χ1) is 10.2. The zero-order valence-corrected chi connectivity index (χ0v) is 13.5. The van der Waals surface area contributed by atoms with E-state index in [-0.39, 0.29) is 6.61 Å². The maximum atomic E-state index is 10.0. The average molecular weight is 312 g/mol. The van der Waals surface area contributed by atoms with E-state index in [1.165, 1.54) is 32.1 Å². The number of halogens is 1. The van der Waals surface area contributed by atoms with Crippen LogP contribution in [0.25, 0.3) is 0 Å². The number of aliphatic hydroxyl groups excluding tert-OH is 1. The van der Waals surface area contributed by atoms with Crippen LogP contribution in [0.3, 0.4) is 0 Å². The van der Waals surface area contributed by atoms with Crippen molar-refractivity contribution in [1.29, 1.82) is 0 Å². The molecule has 0 amide bonds. The molecule has 1 aromatic carbocycles. The predicted molar refractivity (Wildman–Crippen MR) is 87.0 cm³/mol. The summed E-state index contributed by atoms with van der Waals surface area (Å²) in [4.78, 5) is 0. The summed E-state index contributed by atoms with van der Waals surface area (Å²) in [5.41, 5.74) is 0. The zero-order chi connectivity index (χ0) is 15.1. The molecule has 0 aromatic heterocycles. The summed E-state index contributed by atoms with van der Waals surface area (Å²) >= 11 is 5.90. The number of nitrogens with one attached hydrogen (secondary N) is 1. The molecule has 1 aliphatic carbocycles. The maximum absolute atomic E-state index is 10.0. The summed E-state index contributed by atoms with van der Waals surface area (Å²) in [6, 6.07) is 7.80. The van der Waals surface area contributed by atoms with Crippen LogP contribution in [0, 0.1) is 5.92 Å². The second-order valence-electron chi connectivity index (χ2n) is 5.89. The van der Waals surface area contributed by atoms with Gasteiger partial charge in [0.25, 0.3) is 0 Å². The Morgan fingerprint density at radius 2 is 2.19 bits per heavy atom. The molecule has 2 N–H and O–H groups in total. The monoisotopic (exact) mass is 311 g/mol. The molecule has 118 valence electrons. The molecule has 1 aromatic rings. The SMILES string of the molecule is CCC1CCCCC1NCC(O)COc1cccc(Cl)c1. The van der Waals surface area contributed by atoms with Gasteiger partial charge in [-0.3, -0.25) is 0 Å². The molecule has 0 bridgehead atoms. The lowest BCUT2D eigenvalue weighted by Crippen LogP contribution is -2.43. The summed E-state index contributed by atoms with van der Waals surface area (Å²) in [6.45, 7) is 3.13. The van der Waals surface area contributed by atoms with Crippen LogP contribution in [0.2, 0.25) is 5.02 Å². The van der Waals surface area contributed by atoms with Gasteiger partial charge in [-0.15, -0.1) is 0 Å². The predicted octanol–water partition coefficient (Wildman–Crippen LogP) is 3.64. The first-order valence-electron chi connectivity index (χ1n) is 7.99. The van der Waals surface area contributed by atoms with Crippen molar-refractivity contribution in [2.75, 3.05) is 13.2 Å². The van der Waals surface area contributed by atoms with Gasteiger partial charge in [-0.1, -0.05) is 43.9 Å². The Morgan fingerprint density at radius 3 is 2.95 bits per heavy atom. The van der Waals surface area contributed by atoms with Crippen molar-refractivity contribution in [1.82, 2.24) is 5.32 Å². The molecule has 2 rings (SSSR count). The van der Waals surface area contributed by atoms with E-state index < -0.39 is 6.10 Å². The molecule has 21 heavy (non-hydrogen) atoms. The first kappa shape index (κ1) is 16.6. The Labute approximate surface area is 132 Å². The molecule has 0 radical (unpaired) electrons. The van der Waals surface area contributed by atoms with E-state index in [4.69, 9.17) is 16.3 Å². The molecule has 0 heterocycles. The summed E-state index contributed by atoms with van der Waals surface area (Å²) in [5, 5.41) is 14.2. The van der Waals surface area contributed by atoms with Gasteiger partial charge in [0.2, 0.25) is 0 Å². The van der Waals surface area contributed by atoms with E-state index in [1.807, 2.05) is 12.1 Å². The first-order valence-corrected chi connectivity index (χ1v) is 8.36. The number of hydrogen-bond acceptors (Lipinski definition) is 3. The Hall–Kier alpha value is -0.770. The molecule has 4 heteroatoms. The van der Waals surface area contributed by atoms with E-state index in [2.05, 4.69) is 12.2 Å². The van der Waals surface area contributed by atoms with Gasteiger partial charge in [0, 0.05) is 17.6 Å². The number of aliphatic hydroxyl groups is 1. The molecular weight excluding hydrogens is 286 g/mol. The smallest absolute Gasteiger partial charge is 0.120 e. The van der Waals surface area contributed by atoms with Crippen LogP contribution < -0.4 is 10.1 Å². The van der Waals surface area contributed by atoms with Crippen molar-refractivity contribution in [3.8, 4) is 5.75 Å². The number of ether oxygens (including phenoxy) is 1. The van der Waals surface area contributed by atoms with Crippen molar-refractivity contribution >= 4 is 11.6 Å². The third kappa shape index (κ3) is 5.50. The fourth-order valence-electron chi connectivity index (χ4n) is 3.06. The molecule has 1 saturated carbocycles. The minimum Gasteiger partial charge on any atom is -0.491 e. The van der Waals surface area contributed by atoms with Crippen molar-refractivity contribution < 1.29 is 9.84 Å². The van der Waals surface area contributed by atoms with Gasteiger partial charge in [0.1, 0.15) is 18.5 Å². The fraction of sp³-hybridized carbons (Fsp3) is 0.647. The van der Waals surface area contributed by atoms with Gasteiger partial charge in [-0.2, -0.15) is 0 Å². The highest BCUT2D eigenvalue weighted by Gasteiger charge is 2.23. The maximum Gasteiger partial charge on any atom is 0.120 e. The van der Waals surface area contributed by atoms with Crippen molar-refractivity contribution in [2.24, 2.45) is 5.92 Å². The molecule has 0 spiro atoms. The molecule has 1 aliphatic rings. The van der Waals surface area contributed by atoms with E-state index >= 15 is 0 Å². The molecule has 1 fully saturated rings. The third-order valence-electron chi connectivity index (χ3n) is 4.29. The van der Waals surface area contributed by atoms with Crippen LogP contribution in [0.15, 0.2) is 24.3 Å². The average Bonchev–Trinajstić information content (AvgIpc) is 2.51. The van der Waals surface area contributed by atoms with Gasteiger partial charge < -0.3 is 15.2 Å². The quantitative estimate of drug-likeness (QED) is 0.808. The van der Waals surface area contributed by atoms with Crippen molar-refractivity contribution in [2.45, 2.75) is 51.2 Å². The second-order valence-corrected chi connectivity index (χ2v) is 6.33. The fourth-order valence-corrected chi connectivity index (χ4v) is 3.24. The number of benzene rings is 1. The van der Waals surface area contributed by atoms with E-state index in [1.54, 1.807) is 12.1 Å². The van der Waals surface area contributed by atoms with Crippen LogP contribution in [0.1, 0.15) is 39.0 Å². The van der Waals surface area contributed by atoms with Gasteiger partial charge >= 0.3 is 0 Å². The van der Waals surface area contributed by atoms with Gasteiger partial charge in [0.15, 0.2) is 0 Å². The van der Waals surface area contributed by atoms with Crippen LogP contribution in [0.4, 0.5) is 0 Å². The molecule has 0 aliphatic heterocycles. The number of rotatable bonds is 7. The second kappa shape index (κ2) is 8.62. The molecule has 0 saturated heterocycles. The zero-order valence-electron chi connectivity index (χ0n) is 12.7. The molecule has 3 nitrogen and oxygen atoms in total. The molecular formula is C17H26ClNO2. The Bertz CT molecular complexity index is 427. The Morgan fingerprint density at radius 1 is 1.38 bits per heavy atom. The van der Waals surface area contributed by atoms with Crippen molar-refractivity contribution in [3.05, 3.63) is 29.3 Å². The van der Waals surface area contributed by atoms with Crippen LogP contribution in [-0.4, -0.2) is 30.4 Å². The van der Waals surface area contributed by atoms with Gasteiger partial charge in [-0.25, -0.2) is 0 Å². The largest absolute Gasteiger partial charge is 0.491 e. The lowest BCUT2D eigenvalue weighted by molar-refractivity contribution is 0.0974. The normalized spacial score (nSPS) is 23.8. The van der Waals surface area contributed by atoms with Gasteiger partial charge in [0.05, 0.1) is 0 Å². The topological polar surface area (TPSA) is 41.5 Å². The lowest BCUT2D eigenvalue weighted by atomic mass is 9.83. The minimum atomic E-state index is -0.497. The Kier molecular flexibility index (Phi) is 6.81. The minimum absolute atomic E-state index is 0.289. The van der Waals surface area contributed by atoms with Crippen molar-refractivity contribution in [3.63, 3.8) is 0 Å². The molecule has 3 unspecified atom stereocenters. The van der Waals surface area contributed by atoms with Crippen LogP contribution in [-0.2, 0) is 0 Å². The summed E-state index contributed by atoms with van der Waals surface area (Å²) in [7, 11) is 0. The molecule has 3 atom stereocenters. The summed E-state index contributed by atoms with van der Waals surface area (Å²) < 4.78 is 5.57. The van der Waals surface area contributed by atoms with E-state index in [0.29, 0.717) is 23.4 Å². The van der Waals surface area contributed by atoms with Gasteiger partial charge in [-0.05, 0) is 37.0 Å². The number of hydrogen-bond donors (Lipinski definition) is 2. The highest BCUT2D eigenvalue weighted by Crippen LogP contribution is 2.26. The van der Waals surface area contributed by atoms with Crippen LogP contribution >= 0.6 is 11.6 Å². The van der Waals surface area contributed by atoms with E-state index in [9.17, 15) is 5.11 Å². The standard InChI is InChI=1S/C17H26ClNO2/c1-2-13-6-3-4-9-17(13)19-11-15(20)12-21-16-8-5-7-14(18)10-16/h5,7-8,10,13,15,17,19-20H,2-4,6,9,11-12H2,1H3.